The van der Waals surface area contributed by atoms with Crippen LogP contribution in [0.1, 0.15) is 30.7 Å². The molecule has 0 spiro atoms. The average Bonchev–Trinajstić information content (AvgIpc) is 3.31. The first-order chi connectivity index (χ1) is 12.7. The van der Waals surface area contributed by atoms with E-state index < -0.39 is 0 Å². The topological polar surface area (TPSA) is 52.8 Å². The Bertz CT molecular complexity index is 902. The molecule has 2 aromatic heterocycles. The number of ether oxygens (including phenoxy) is 1. The Morgan fingerprint density at radius 2 is 2.15 bits per heavy atom. The Morgan fingerprint density at radius 1 is 1.23 bits per heavy atom. The summed E-state index contributed by atoms with van der Waals surface area (Å²) in [6.07, 6.45) is 6.16. The summed E-state index contributed by atoms with van der Waals surface area (Å²) in [6.45, 7) is 2.94. The van der Waals surface area contributed by atoms with Crippen molar-refractivity contribution in [3.8, 4) is 17.1 Å². The number of halogens is 1. The number of aromatic nitrogens is 4. The van der Waals surface area contributed by atoms with Crippen LogP contribution in [0, 0.1) is 6.92 Å². The Morgan fingerprint density at radius 3 is 2.96 bits per heavy atom. The molecule has 0 bridgehead atoms. The monoisotopic (exact) mass is 368 g/mol. The van der Waals surface area contributed by atoms with Crippen molar-refractivity contribution in [3.63, 3.8) is 0 Å². The molecule has 0 radical (unpaired) electrons. The molecule has 1 aliphatic heterocycles. The minimum absolute atomic E-state index is 0.318. The van der Waals surface area contributed by atoms with Crippen LogP contribution in [0.25, 0.3) is 17.1 Å². The quantitative estimate of drug-likeness (QED) is 0.626. The van der Waals surface area contributed by atoms with E-state index >= 15 is 0 Å². The van der Waals surface area contributed by atoms with Crippen LogP contribution < -0.4 is 0 Å². The summed E-state index contributed by atoms with van der Waals surface area (Å²) >= 11 is 6.22. The van der Waals surface area contributed by atoms with Gasteiger partial charge in [0.15, 0.2) is 5.82 Å². The van der Waals surface area contributed by atoms with Gasteiger partial charge in [-0.3, -0.25) is 0 Å². The lowest BCUT2D eigenvalue weighted by Crippen LogP contribution is -2.09. The molecule has 26 heavy (non-hydrogen) atoms. The van der Waals surface area contributed by atoms with Crippen LogP contribution in [-0.2, 0) is 11.2 Å². The molecule has 1 aliphatic rings. The predicted octanol–water partition coefficient (Wildman–Crippen LogP) is 4.40. The number of aryl methyl sites for hydroxylation is 2. The summed E-state index contributed by atoms with van der Waals surface area (Å²) in [4.78, 5) is 8.99. The summed E-state index contributed by atoms with van der Waals surface area (Å²) in [5.74, 6) is 1.42. The van der Waals surface area contributed by atoms with Crippen LogP contribution >= 0.6 is 11.6 Å². The van der Waals surface area contributed by atoms with Crippen molar-refractivity contribution in [2.75, 3.05) is 6.61 Å². The number of benzene rings is 1. The molecule has 134 valence electrons. The molecule has 5 nitrogen and oxygen atoms in total. The normalized spacial score (nSPS) is 16.9. The van der Waals surface area contributed by atoms with Gasteiger partial charge in [-0.15, -0.1) is 0 Å². The molecule has 0 amide bonds. The second kappa shape index (κ2) is 7.56. The van der Waals surface area contributed by atoms with E-state index in [0.717, 1.165) is 49.4 Å². The lowest BCUT2D eigenvalue weighted by molar-refractivity contribution is 0.104. The molecule has 1 saturated heterocycles. The Balaban J connectivity index is 1.55. The second-order valence-electron chi connectivity index (χ2n) is 6.65. The molecule has 4 rings (SSSR count). The zero-order chi connectivity index (χ0) is 17.9. The Labute approximate surface area is 158 Å². The highest BCUT2D eigenvalue weighted by atomic mass is 35.5. The van der Waals surface area contributed by atoms with Crippen molar-refractivity contribution in [1.29, 1.82) is 0 Å². The second-order valence-corrected chi connectivity index (χ2v) is 7.04. The van der Waals surface area contributed by atoms with Gasteiger partial charge in [0.2, 0.25) is 0 Å². The minimum Gasteiger partial charge on any atom is -0.378 e. The maximum Gasteiger partial charge on any atom is 0.158 e. The van der Waals surface area contributed by atoms with Gasteiger partial charge in [0, 0.05) is 30.9 Å². The van der Waals surface area contributed by atoms with E-state index in [2.05, 4.69) is 40.2 Å². The van der Waals surface area contributed by atoms with Crippen LogP contribution in [0.5, 0.6) is 0 Å². The van der Waals surface area contributed by atoms with Crippen molar-refractivity contribution in [2.24, 2.45) is 0 Å². The van der Waals surface area contributed by atoms with Gasteiger partial charge in [0.25, 0.3) is 0 Å². The first-order valence-electron chi connectivity index (χ1n) is 8.95. The van der Waals surface area contributed by atoms with Gasteiger partial charge in [-0.2, -0.15) is 5.10 Å². The lowest BCUT2D eigenvalue weighted by atomic mass is 10.1. The highest BCUT2D eigenvalue weighted by Gasteiger charge is 2.16. The standard InChI is InChI=1S/C20H21ClN4O/c1-14-4-2-5-15(12-14)17-9-10-25(24-17)20-13-18(21)22-19(23-20)8-7-16-6-3-11-26-16/h2,4-5,9-10,12-13,16H,3,6-8,11H2,1H3. The SMILES string of the molecule is Cc1cccc(-c2ccn(-c3cc(Cl)nc(CCC4CCCO4)n3)n2)c1. The molecule has 0 aliphatic carbocycles. The predicted molar refractivity (Wildman–Crippen MR) is 102 cm³/mol. The third-order valence-electron chi connectivity index (χ3n) is 4.58. The summed E-state index contributed by atoms with van der Waals surface area (Å²) in [6, 6.07) is 12.0. The van der Waals surface area contributed by atoms with Gasteiger partial charge < -0.3 is 4.74 Å². The smallest absolute Gasteiger partial charge is 0.158 e. The first kappa shape index (κ1) is 17.2. The van der Waals surface area contributed by atoms with E-state index in [-0.39, 0.29) is 0 Å². The van der Waals surface area contributed by atoms with Gasteiger partial charge in [0.1, 0.15) is 11.0 Å². The minimum atomic E-state index is 0.318. The third kappa shape index (κ3) is 3.94. The third-order valence-corrected chi connectivity index (χ3v) is 4.77. The number of rotatable bonds is 5. The number of nitrogens with zero attached hydrogens (tertiary/aromatic N) is 4. The van der Waals surface area contributed by atoms with Crippen molar-refractivity contribution < 1.29 is 4.74 Å². The average molecular weight is 369 g/mol. The van der Waals surface area contributed by atoms with Crippen LogP contribution in [0.4, 0.5) is 0 Å². The maximum absolute atomic E-state index is 6.22. The molecule has 1 atom stereocenters. The fourth-order valence-corrected chi connectivity index (χ4v) is 3.45. The van der Waals surface area contributed by atoms with Crippen LogP contribution in [0.2, 0.25) is 5.15 Å². The first-order valence-corrected chi connectivity index (χ1v) is 9.33. The Kier molecular flexibility index (Phi) is 5.00. The molecule has 3 aromatic rings. The van der Waals surface area contributed by atoms with Crippen molar-refractivity contribution in [3.05, 3.63) is 59.1 Å². The molecule has 6 heteroatoms. The van der Waals surface area contributed by atoms with Crippen LogP contribution in [0.15, 0.2) is 42.6 Å². The van der Waals surface area contributed by atoms with E-state index in [0.29, 0.717) is 17.1 Å². The zero-order valence-corrected chi connectivity index (χ0v) is 15.5. The van der Waals surface area contributed by atoms with E-state index in [1.54, 1.807) is 10.7 Å². The summed E-state index contributed by atoms with van der Waals surface area (Å²) in [5.41, 5.74) is 3.20. The van der Waals surface area contributed by atoms with E-state index in [4.69, 9.17) is 16.3 Å². The van der Waals surface area contributed by atoms with E-state index in [1.807, 2.05) is 18.3 Å². The van der Waals surface area contributed by atoms with Gasteiger partial charge in [-0.25, -0.2) is 14.6 Å². The van der Waals surface area contributed by atoms with Crippen molar-refractivity contribution >= 4 is 11.6 Å². The molecule has 0 saturated carbocycles. The highest BCUT2D eigenvalue weighted by Crippen LogP contribution is 2.21. The van der Waals surface area contributed by atoms with Gasteiger partial charge in [0.05, 0.1) is 11.8 Å². The van der Waals surface area contributed by atoms with Gasteiger partial charge >= 0.3 is 0 Å². The highest BCUT2D eigenvalue weighted by molar-refractivity contribution is 6.29. The van der Waals surface area contributed by atoms with Crippen molar-refractivity contribution in [2.45, 2.75) is 38.7 Å². The summed E-state index contributed by atoms with van der Waals surface area (Å²) in [7, 11) is 0. The summed E-state index contributed by atoms with van der Waals surface area (Å²) < 4.78 is 7.43. The fourth-order valence-electron chi connectivity index (χ4n) is 3.25. The molecule has 1 fully saturated rings. The molecule has 1 unspecified atom stereocenters. The van der Waals surface area contributed by atoms with Gasteiger partial charge in [-0.1, -0.05) is 35.4 Å². The molecule has 0 N–H and O–H groups in total. The maximum atomic E-state index is 6.22. The number of hydrogen-bond donors (Lipinski definition) is 0. The van der Waals surface area contributed by atoms with Crippen molar-refractivity contribution in [1.82, 2.24) is 19.7 Å². The molecular formula is C20H21ClN4O. The largest absolute Gasteiger partial charge is 0.378 e. The van der Waals surface area contributed by atoms with E-state index in [1.165, 1.54) is 5.56 Å². The van der Waals surface area contributed by atoms with Crippen LogP contribution in [0.3, 0.4) is 0 Å². The van der Waals surface area contributed by atoms with Gasteiger partial charge in [-0.05, 0) is 38.3 Å². The van der Waals surface area contributed by atoms with E-state index in [9.17, 15) is 0 Å². The summed E-state index contributed by atoms with van der Waals surface area (Å²) in [5, 5.41) is 5.09. The Hall–Kier alpha value is -2.24. The molecule has 3 heterocycles. The lowest BCUT2D eigenvalue weighted by Gasteiger charge is -2.09. The number of hydrogen-bond acceptors (Lipinski definition) is 4. The van der Waals surface area contributed by atoms with Crippen LogP contribution in [-0.4, -0.2) is 32.5 Å². The fraction of sp³-hybridized carbons (Fsp3) is 0.350. The zero-order valence-electron chi connectivity index (χ0n) is 14.7. The molecule has 1 aromatic carbocycles. The molecular weight excluding hydrogens is 348 g/mol.